The van der Waals surface area contributed by atoms with Crippen LogP contribution >= 0.6 is 11.3 Å². The fraction of sp³-hybridized carbons (Fsp3) is 0.188. The minimum atomic E-state index is -0.580. The van der Waals surface area contributed by atoms with E-state index in [0.717, 1.165) is 35.4 Å². The van der Waals surface area contributed by atoms with Gasteiger partial charge in [-0.25, -0.2) is 4.98 Å². The second-order valence-corrected chi connectivity index (χ2v) is 11.3. The number of carbonyl (C=O) groups is 1. The van der Waals surface area contributed by atoms with Gasteiger partial charge in [0, 0.05) is 42.2 Å². The summed E-state index contributed by atoms with van der Waals surface area (Å²) in [6, 6.07) is 25.2. The highest BCUT2D eigenvalue weighted by molar-refractivity contribution is 7.13. The molecule has 6 heteroatoms. The van der Waals surface area contributed by atoms with Crippen LogP contribution in [-0.2, 0) is 11.2 Å². The van der Waals surface area contributed by atoms with Crippen molar-refractivity contribution in [2.24, 2.45) is 5.41 Å². The summed E-state index contributed by atoms with van der Waals surface area (Å²) in [7, 11) is 0. The number of thiazole rings is 1. The van der Waals surface area contributed by atoms with Gasteiger partial charge in [-0.2, -0.15) is 0 Å². The Balaban J connectivity index is 1.10. The first kappa shape index (κ1) is 23.0. The van der Waals surface area contributed by atoms with Gasteiger partial charge in [0.2, 0.25) is 5.91 Å². The van der Waals surface area contributed by atoms with Crippen molar-refractivity contribution >= 4 is 22.4 Å². The summed E-state index contributed by atoms with van der Waals surface area (Å²) in [4.78, 5) is 27.5. The Labute approximate surface area is 225 Å². The minimum absolute atomic E-state index is 0.0225. The van der Waals surface area contributed by atoms with Crippen molar-refractivity contribution in [2.75, 3.05) is 5.32 Å². The van der Waals surface area contributed by atoms with Crippen molar-refractivity contribution in [1.82, 2.24) is 15.0 Å². The first-order chi connectivity index (χ1) is 18.6. The third-order valence-corrected chi connectivity index (χ3v) is 8.91. The second kappa shape index (κ2) is 8.99. The van der Waals surface area contributed by atoms with Crippen LogP contribution in [0.1, 0.15) is 58.8 Å². The molecular formula is C32H26N4OS. The minimum Gasteiger partial charge on any atom is -0.301 e. The predicted molar refractivity (Wildman–Crippen MR) is 150 cm³/mol. The molecule has 3 aromatic heterocycles. The fourth-order valence-corrected chi connectivity index (χ4v) is 6.99. The van der Waals surface area contributed by atoms with Crippen molar-refractivity contribution < 1.29 is 4.79 Å². The number of carbonyl (C=O) groups excluding carboxylic acids is 1. The Morgan fingerprint density at radius 2 is 1.66 bits per heavy atom. The maximum Gasteiger partial charge on any atom is 0.233 e. The van der Waals surface area contributed by atoms with Gasteiger partial charge in [0.25, 0.3) is 0 Å². The van der Waals surface area contributed by atoms with E-state index < -0.39 is 5.41 Å². The second-order valence-electron chi connectivity index (χ2n) is 10.4. The average molecular weight is 515 g/mol. The third kappa shape index (κ3) is 3.75. The molecule has 3 heterocycles. The molecule has 1 N–H and O–H groups in total. The largest absolute Gasteiger partial charge is 0.301 e. The molecule has 5 aromatic rings. The van der Waals surface area contributed by atoms with E-state index in [1.165, 1.54) is 33.6 Å². The molecule has 8 rings (SSSR count). The summed E-state index contributed by atoms with van der Waals surface area (Å²) < 4.78 is 0. The summed E-state index contributed by atoms with van der Waals surface area (Å²) in [5.74, 6) is 0.134. The molecule has 0 saturated heterocycles. The summed E-state index contributed by atoms with van der Waals surface area (Å²) >= 11 is 1.49. The van der Waals surface area contributed by atoms with Crippen LogP contribution in [0.4, 0.5) is 5.13 Å². The molecular weight excluding hydrogens is 488 g/mol. The van der Waals surface area contributed by atoms with E-state index >= 15 is 0 Å². The van der Waals surface area contributed by atoms with Crippen LogP contribution < -0.4 is 5.32 Å². The van der Waals surface area contributed by atoms with Crippen LogP contribution in [-0.4, -0.2) is 20.9 Å². The number of nitrogens with zero attached hydrogens (tertiary/aromatic N) is 3. The van der Waals surface area contributed by atoms with Crippen LogP contribution in [0.15, 0.2) is 96.8 Å². The zero-order valence-corrected chi connectivity index (χ0v) is 21.8. The summed E-state index contributed by atoms with van der Waals surface area (Å²) in [5, 5.41) is 5.87. The highest BCUT2D eigenvalue weighted by Crippen LogP contribution is 2.60. The predicted octanol–water partition coefficient (Wildman–Crippen LogP) is 6.82. The van der Waals surface area contributed by atoms with Gasteiger partial charge in [-0.05, 0) is 64.9 Å². The van der Waals surface area contributed by atoms with E-state index in [9.17, 15) is 4.79 Å². The Kier molecular flexibility index (Phi) is 5.44. The summed E-state index contributed by atoms with van der Waals surface area (Å²) in [6.07, 6.45) is 6.94. The first-order valence-electron chi connectivity index (χ1n) is 12.9. The molecule has 1 amide bonds. The standard InChI is InChI=1S/C32H26N4OS/c1-32(18-27-24-5-2-3-6-25(24)28(32)26-7-4-14-34-29(26)27)30(37)36-31-35-23(19-38-31)17-20-8-10-21(11-9-20)22-12-15-33-16-13-22/h2-16,19,27-28H,17-18H2,1H3,(H,35,36,37). The zero-order chi connectivity index (χ0) is 25.7. The Morgan fingerprint density at radius 1 is 0.921 bits per heavy atom. The Bertz CT molecular complexity index is 1600. The van der Waals surface area contributed by atoms with Gasteiger partial charge in [-0.15, -0.1) is 11.3 Å². The van der Waals surface area contributed by atoms with Crippen LogP contribution in [0, 0.1) is 5.41 Å². The number of anilines is 1. The smallest absolute Gasteiger partial charge is 0.233 e. The molecule has 0 saturated carbocycles. The number of nitrogens with one attached hydrogen (secondary N) is 1. The summed E-state index contributed by atoms with van der Waals surface area (Å²) in [5.41, 5.74) is 8.72. The third-order valence-electron chi connectivity index (χ3n) is 8.10. The Hall–Kier alpha value is -4.16. The monoisotopic (exact) mass is 514 g/mol. The molecule has 3 aliphatic carbocycles. The lowest BCUT2D eigenvalue weighted by molar-refractivity contribution is -0.126. The van der Waals surface area contributed by atoms with E-state index in [4.69, 9.17) is 9.97 Å². The normalized spacial score (nSPS) is 21.0. The quantitative estimate of drug-likeness (QED) is 0.280. The molecule has 38 heavy (non-hydrogen) atoms. The molecule has 2 aromatic carbocycles. The van der Waals surface area contributed by atoms with Gasteiger partial charge >= 0.3 is 0 Å². The molecule has 0 fully saturated rings. The number of pyridine rings is 2. The summed E-state index contributed by atoms with van der Waals surface area (Å²) in [6.45, 7) is 2.10. The lowest BCUT2D eigenvalue weighted by atomic mass is 9.53. The van der Waals surface area contributed by atoms with Crippen LogP contribution in [0.25, 0.3) is 11.1 Å². The molecule has 2 bridgehead atoms. The van der Waals surface area contributed by atoms with Crippen molar-refractivity contribution in [3.05, 3.63) is 130 Å². The van der Waals surface area contributed by atoms with E-state index in [1.807, 2.05) is 42.2 Å². The van der Waals surface area contributed by atoms with E-state index in [1.54, 1.807) is 0 Å². The van der Waals surface area contributed by atoms with Gasteiger partial charge in [0.1, 0.15) is 0 Å². The molecule has 3 aliphatic rings. The molecule has 3 atom stereocenters. The highest BCUT2D eigenvalue weighted by atomic mass is 32.1. The molecule has 3 unspecified atom stereocenters. The lowest BCUT2D eigenvalue weighted by Gasteiger charge is -2.50. The first-order valence-corrected chi connectivity index (χ1v) is 13.8. The number of amides is 1. The molecule has 0 aliphatic heterocycles. The van der Waals surface area contributed by atoms with Gasteiger partial charge in [0.05, 0.1) is 16.8 Å². The van der Waals surface area contributed by atoms with E-state index in [-0.39, 0.29) is 17.7 Å². The number of benzene rings is 2. The van der Waals surface area contributed by atoms with Crippen LogP contribution in [0.5, 0.6) is 0 Å². The number of hydrogen-bond donors (Lipinski definition) is 1. The van der Waals surface area contributed by atoms with Gasteiger partial charge in [0.15, 0.2) is 5.13 Å². The molecule has 0 radical (unpaired) electrons. The number of hydrogen-bond acceptors (Lipinski definition) is 5. The highest BCUT2D eigenvalue weighted by Gasteiger charge is 2.54. The van der Waals surface area contributed by atoms with Crippen LogP contribution in [0.2, 0.25) is 0 Å². The molecule has 0 spiro atoms. The van der Waals surface area contributed by atoms with Gasteiger partial charge < -0.3 is 5.32 Å². The van der Waals surface area contributed by atoms with E-state index in [0.29, 0.717) is 5.13 Å². The van der Waals surface area contributed by atoms with Crippen molar-refractivity contribution in [2.45, 2.75) is 31.6 Å². The molecule has 186 valence electrons. The number of rotatable bonds is 5. The van der Waals surface area contributed by atoms with Crippen LogP contribution in [0.3, 0.4) is 0 Å². The molecule has 5 nitrogen and oxygen atoms in total. The number of fused-ring (bicyclic) bond motifs is 1. The number of aromatic nitrogens is 3. The van der Waals surface area contributed by atoms with Crippen molar-refractivity contribution in [3.63, 3.8) is 0 Å². The maximum absolute atomic E-state index is 13.9. The average Bonchev–Trinajstić information content (AvgIpc) is 3.40. The van der Waals surface area contributed by atoms with Crippen molar-refractivity contribution in [3.8, 4) is 11.1 Å². The fourth-order valence-electron chi connectivity index (χ4n) is 6.28. The van der Waals surface area contributed by atoms with Crippen molar-refractivity contribution in [1.29, 1.82) is 0 Å². The zero-order valence-electron chi connectivity index (χ0n) is 21.0. The lowest BCUT2D eigenvalue weighted by Crippen LogP contribution is -2.47. The van der Waals surface area contributed by atoms with E-state index in [2.05, 4.69) is 71.8 Å². The van der Waals surface area contributed by atoms with Gasteiger partial charge in [-0.1, -0.05) is 54.6 Å². The topological polar surface area (TPSA) is 67.8 Å². The SMILES string of the molecule is CC1(C(=O)Nc2nc(Cc3ccc(-c4ccncc4)cc3)cs2)CC2c3ccccc3C1c1cccnc12. The Morgan fingerprint density at radius 3 is 2.47 bits per heavy atom. The maximum atomic E-state index is 13.9. The van der Waals surface area contributed by atoms with Gasteiger partial charge in [-0.3, -0.25) is 14.8 Å².